The molecular formula is C9H20N2O2. The summed E-state index contributed by atoms with van der Waals surface area (Å²) in [6.07, 6.45) is 0.795. The average molecular weight is 188 g/mol. The van der Waals surface area contributed by atoms with Crippen molar-refractivity contribution >= 4 is 5.91 Å². The number of carbonyl (C=O) groups excluding carboxylic acids is 1. The van der Waals surface area contributed by atoms with E-state index in [-0.39, 0.29) is 11.9 Å². The van der Waals surface area contributed by atoms with E-state index in [4.69, 9.17) is 10.8 Å². The van der Waals surface area contributed by atoms with Crippen LogP contribution in [0.25, 0.3) is 0 Å². The van der Waals surface area contributed by atoms with Gasteiger partial charge in [-0.15, -0.1) is 0 Å². The lowest BCUT2D eigenvalue weighted by atomic mass is 10.1. The molecule has 3 atom stereocenters. The molecule has 0 radical (unpaired) electrons. The van der Waals surface area contributed by atoms with Gasteiger partial charge in [-0.2, -0.15) is 0 Å². The molecule has 0 saturated heterocycles. The quantitative estimate of drug-likeness (QED) is 0.568. The summed E-state index contributed by atoms with van der Waals surface area (Å²) in [5, 5.41) is 11.8. The highest BCUT2D eigenvalue weighted by atomic mass is 16.3. The molecule has 0 aromatic heterocycles. The third-order valence-corrected chi connectivity index (χ3v) is 1.86. The van der Waals surface area contributed by atoms with E-state index in [0.717, 1.165) is 0 Å². The SMILES string of the molecule is CC[C@H](N)C(=O)NC(C)CC(C)O. The Morgan fingerprint density at radius 1 is 1.54 bits per heavy atom. The minimum Gasteiger partial charge on any atom is -0.393 e. The Bertz CT molecular complexity index is 160. The molecule has 0 aliphatic rings. The number of nitrogens with one attached hydrogen (secondary N) is 1. The van der Waals surface area contributed by atoms with Crippen LogP contribution in [0.1, 0.15) is 33.6 Å². The first-order chi connectivity index (χ1) is 5.97. The molecule has 13 heavy (non-hydrogen) atoms. The summed E-state index contributed by atoms with van der Waals surface area (Å²) in [4.78, 5) is 11.2. The van der Waals surface area contributed by atoms with Crippen LogP contribution in [-0.4, -0.2) is 29.2 Å². The highest BCUT2D eigenvalue weighted by molar-refractivity contribution is 5.81. The average Bonchev–Trinajstić information content (AvgIpc) is 2.01. The van der Waals surface area contributed by atoms with E-state index in [2.05, 4.69) is 5.32 Å². The zero-order valence-electron chi connectivity index (χ0n) is 8.58. The van der Waals surface area contributed by atoms with Gasteiger partial charge in [0.15, 0.2) is 0 Å². The van der Waals surface area contributed by atoms with Crippen LogP contribution < -0.4 is 11.1 Å². The second-order valence-corrected chi connectivity index (χ2v) is 3.51. The Labute approximate surface area is 79.5 Å². The number of aliphatic hydroxyl groups is 1. The minimum absolute atomic E-state index is 0.0231. The minimum atomic E-state index is -0.434. The molecule has 0 aromatic carbocycles. The summed E-state index contributed by atoms with van der Waals surface area (Å²) in [7, 11) is 0. The van der Waals surface area contributed by atoms with Crippen molar-refractivity contribution in [1.82, 2.24) is 5.32 Å². The topological polar surface area (TPSA) is 75.4 Å². The van der Waals surface area contributed by atoms with Crippen LogP contribution in [0.5, 0.6) is 0 Å². The molecule has 1 amide bonds. The number of hydrogen-bond donors (Lipinski definition) is 3. The van der Waals surface area contributed by atoms with Crippen molar-refractivity contribution in [2.24, 2.45) is 5.73 Å². The summed E-state index contributed by atoms with van der Waals surface area (Å²) in [6.45, 7) is 5.42. The van der Waals surface area contributed by atoms with E-state index < -0.39 is 12.1 Å². The van der Waals surface area contributed by atoms with E-state index in [9.17, 15) is 4.79 Å². The normalized spacial score (nSPS) is 17.6. The van der Waals surface area contributed by atoms with Crippen molar-refractivity contribution in [2.45, 2.75) is 51.8 Å². The fraction of sp³-hybridized carbons (Fsp3) is 0.889. The highest BCUT2D eigenvalue weighted by Gasteiger charge is 2.14. The Kier molecular flexibility index (Phi) is 5.66. The molecule has 4 nitrogen and oxygen atoms in total. The maximum Gasteiger partial charge on any atom is 0.237 e. The molecule has 0 aliphatic heterocycles. The van der Waals surface area contributed by atoms with Crippen LogP contribution in [0.15, 0.2) is 0 Å². The van der Waals surface area contributed by atoms with Crippen molar-refractivity contribution in [3.8, 4) is 0 Å². The van der Waals surface area contributed by atoms with Gasteiger partial charge in [-0.05, 0) is 26.7 Å². The number of amides is 1. The van der Waals surface area contributed by atoms with Crippen LogP contribution in [0.4, 0.5) is 0 Å². The molecule has 0 fully saturated rings. The Balaban J connectivity index is 3.77. The molecule has 2 unspecified atom stereocenters. The fourth-order valence-corrected chi connectivity index (χ4v) is 1.11. The first-order valence-corrected chi connectivity index (χ1v) is 4.71. The maximum atomic E-state index is 11.2. The molecule has 78 valence electrons. The largest absolute Gasteiger partial charge is 0.393 e. The van der Waals surface area contributed by atoms with Crippen LogP contribution >= 0.6 is 0 Å². The predicted octanol–water partition coefficient (Wildman–Crippen LogP) is -0.000700. The number of carbonyl (C=O) groups is 1. The van der Waals surface area contributed by atoms with Crippen molar-refractivity contribution in [3.63, 3.8) is 0 Å². The molecular weight excluding hydrogens is 168 g/mol. The number of aliphatic hydroxyl groups excluding tert-OH is 1. The van der Waals surface area contributed by atoms with Gasteiger partial charge >= 0.3 is 0 Å². The van der Waals surface area contributed by atoms with Crippen molar-refractivity contribution in [1.29, 1.82) is 0 Å². The Morgan fingerprint density at radius 3 is 2.46 bits per heavy atom. The Morgan fingerprint density at radius 2 is 2.08 bits per heavy atom. The lowest BCUT2D eigenvalue weighted by Crippen LogP contribution is -2.44. The van der Waals surface area contributed by atoms with Crippen LogP contribution in [0.2, 0.25) is 0 Å². The summed E-state index contributed by atoms with van der Waals surface area (Å²) >= 11 is 0. The van der Waals surface area contributed by atoms with Gasteiger partial charge in [0.05, 0.1) is 12.1 Å². The molecule has 0 bridgehead atoms. The van der Waals surface area contributed by atoms with E-state index in [0.29, 0.717) is 12.8 Å². The van der Waals surface area contributed by atoms with Gasteiger partial charge in [-0.25, -0.2) is 0 Å². The summed E-state index contributed by atoms with van der Waals surface area (Å²) < 4.78 is 0. The number of nitrogens with two attached hydrogens (primary N) is 1. The highest BCUT2D eigenvalue weighted by Crippen LogP contribution is 1.97. The predicted molar refractivity (Wildman–Crippen MR) is 52.2 cm³/mol. The first kappa shape index (κ1) is 12.4. The van der Waals surface area contributed by atoms with Gasteiger partial charge in [0.25, 0.3) is 0 Å². The van der Waals surface area contributed by atoms with Crippen LogP contribution in [0.3, 0.4) is 0 Å². The summed E-state index contributed by atoms with van der Waals surface area (Å²) in [5.74, 6) is -0.143. The van der Waals surface area contributed by atoms with Gasteiger partial charge in [-0.3, -0.25) is 4.79 Å². The molecule has 4 N–H and O–H groups in total. The molecule has 4 heteroatoms. The zero-order valence-corrected chi connectivity index (χ0v) is 8.58. The standard InChI is InChI=1S/C9H20N2O2/c1-4-8(10)9(13)11-6(2)5-7(3)12/h6-8,12H,4-5,10H2,1-3H3,(H,11,13)/t6?,7?,8-/m0/s1. The van der Waals surface area contributed by atoms with E-state index in [1.54, 1.807) is 6.92 Å². The third-order valence-electron chi connectivity index (χ3n) is 1.86. The first-order valence-electron chi connectivity index (χ1n) is 4.71. The molecule has 0 aliphatic carbocycles. The van der Waals surface area contributed by atoms with Crippen molar-refractivity contribution < 1.29 is 9.90 Å². The van der Waals surface area contributed by atoms with Crippen molar-refractivity contribution in [3.05, 3.63) is 0 Å². The number of hydrogen-bond acceptors (Lipinski definition) is 3. The Hall–Kier alpha value is -0.610. The maximum absolute atomic E-state index is 11.2. The number of rotatable bonds is 5. The smallest absolute Gasteiger partial charge is 0.237 e. The van der Waals surface area contributed by atoms with Gasteiger partial charge in [0, 0.05) is 6.04 Å². The lowest BCUT2D eigenvalue weighted by molar-refractivity contribution is -0.123. The summed E-state index contributed by atoms with van der Waals surface area (Å²) in [5.41, 5.74) is 5.52. The van der Waals surface area contributed by atoms with E-state index in [1.807, 2.05) is 13.8 Å². The molecule has 0 aromatic rings. The third kappa shape index (κ3) is 5.60. The monoisotopic (exact) mass is 188 g/mol. The zero-order chi connectivity index (χ0) is 10.4. The van der Waals surface area contributed by atoms with Gasteiger partial charge in [0.2, 0.25) is 5.91 Å². The second kappa shape index (κ2) is 5.94. The second-order valence-electron chi connectivity index (χ2n) is 3.51. The lowest BCUT2D eigenvalue weighted by Gasteiger charge is -2.17. The van der Waals surface area contributed by atoms with E-state index >= 15 is 0 Å². The van der Waals surface area contributed by atoms with E-state index in [1.165, 1.54) is 0 Å². The van der Waals surface area contributed by atoms with Crippen LogP contribution in [-0.2, 0) is 4.79 Å². The molecule has 0 heterocycles. The molecule has 0 spiro atoms. The van der Waals surface area contributed by atoms with Gasteiger partial charge in [-0.1, -0.05) is 6.92 Å². The molecule has 0 saturated carbocycles. The van der Waals surface area contributed by atoms with Gasteiger partial charge < -0.3 is 16.2 Å². The molecule has 0 rings (SSSR count). The van der Waals surface area contributed by atoms with Gasteiger partial charge in [0.1, 0.15) is 0 Å². The summed E-state index contributed by atoms with van der Waals surface area (Å²) in [6, 6.07) is -0.457. The van der Waals surface area contributed by atoms with Crippen molar-refractivity contribution in [2.75, 3.05) is 0 Å². The fourth-order valence-electron chi connectivity index (χ4n) is 1.11. The van der Waals surface area contributed by atoms with Crippen LogP contribution in [0, 0.1) is 0 Å².